The average molecular weight is 661 g/mol. The number of aromatic nitrogens is 2. The van der Waals surface area contributed by atoms with Gasteiger partial charge in [-0.2, -0.15) is 0 Å². The summed E-state index contributed by atoms with van der Waals surface area (Å²) in [5, 5.41) is 37.0. The van der Waals surface area contributed by atoms with Crippen molar-refractivity contribution in [3.63, 3.8) is 0 Å². The molecule has 6 aromatic rings. The van der Waals surface area contributed by atoms with Crippen LogP contribution in [0.15, 0.2) is 103 Å². The average Bonchev–Trinajstić information content (AvgIpc) is 3.62. The number of hydrogen-bond acceptors (Lipinski definition) is 11. The molecule has 2 amide bonds. The summed E-state index contributed by atoms with van der Waals surface area (Å²) < 4.78 is 2.53. The number of aliphatic carboxylic acids is 1. The van der Waals surface area contributed by atoms with Crippen molar-refractivity contribution in [1.82, 2.24) is 20.6 Å². The number of fused-ring (bicyclic) bond motifs is 2. The van der Waals surface area contributed by atoms with Crippen molar-refractivity contribution < 1.29 is 29.7 Å². The topological polar surface area (TPSA) is 162 Å². The first-order valence-electron chi connectivity index (χ1n) is 12.8. The summed E-state index contributed by atoms with van der Waals surface area (Å²) in [5.41, 5.74) is -0.805. The lowest BCUT2D eigenvalue weighted by Gasteiger charge is -2.16. The molecule has 0 radical (unpaired) electrons. The van der Waals surface area contributed by atoms with Gasteiger partial charge in [0, 0.05) is 33.0 Å². The smallest absolute Gasteiger partial charge is 0.347 e. The van der Waals surface area contributed by atoms with E-state index < -0.39 is 46.8 Å². The maximum absolute atomic E-state index is 13.0. The third-order valence-corrected chi connectivity index (χ3v) is 10.7. The van der Waals surface area contributed by atoms with Crippen LogP contribution in [0.4, 0.5) is 0 Å². The first-order chi connectivity index (χ1) is 21.3. The molecule has 0 unspecified atom stereocenters. The second-order valence-electron chi connectivity index (χ2n) is 9.16. The number of nitrogens with zero attached hydrogens (tertiary/aromatic N) is 2. The van der Waals surface area contributed by atoms with Gasteiger partial charge < -0.3 is 26.0 Å². The molecule has 5 N–H and O–H groups in total. The number of carbonyl (C=O) groups is 3. The Balaban J connectivity index is 1.18. The zero-order chi connectivity index (χ0) is 30.8. The summed E-state index contributed by atoms with van der Waals surface area (Å²) in [7, 11) is 0. The number of carboxylic acids is 1. The number of benzene rings is 2. The predicted octanol–water partition coefficient (Wildman–Crippen LogP) is 6.19. The van der Waals surface area contributed by atoms with E-state index in [0.717, 1.165) is 18.2 Å². The van der Waals surface area contributed by atoms with Crippen molar-refractivity contribution in [1.29, 1.82) is 0 Å². The Labute approximate surface area is 265 Å². The number of carboxylic acid groups (broad SMARTS) is 1. The van der Waals surface area contributed by atoms with E-state index in [0.29, 0.717) is 20.2 Å². The van der Waals surface area contributed by atoms with Crippen molar-refractivity contribution >= 4 is 84.2 Å². The molecule has 0 aliphatic carbocycles. The molecular weight excluding hydrogens is 641 g/mol. The van der Waals surface area contributed by atoms with Gasteiger partial charge in [0.2, 0.25) is 6.17 Å². The maximum atomic E-state index is 13.0. The van der Waals surface area contributed by atoms with E-state index in [1.54, 1.807) is 0 Å². The fourth-order valence-corrected chi connectivity index (χ4v) is 8.58. The Morgan fingerprint density at radius 2 is 1.09 bits per heavy atom. The fourth-order valence-electron chi connectivity index (χ4n) is 4.13. The zero-order valence-corrected chi connectivity index (χ0v) is 25.5. The van der Waals surface area contributed by atoms with Gasteiger partial charge in [0.25, 0.3) is 11.8 Å². The summed E-state index contributed by atoms with van der Waals surface area (Å²) in [6.45, 7) is 0. The van der Waals surface area contributed by atoms with Crippen molar-refractivity contribution in [2.75, 3.05) is 0 Å². The van der Waals surface area contributed by atoms with E-state index in [4.69, 9.17) is 0 Å². The van der Waals surface area contributed by atoms with Crippen LogP contribution >= 0.6 is 46.2 Å². The van der Waals surface area contributed by atoms with E-state index in [1.165, 1.54) is 58.6 Å². The first-order valence-corrected chi connectivity index (χ1v) is 16.1. The molecule has 44 heavy (non-hydrogen) atoms. The van der Waals surface area contributed by atoms with E-state index >= 15 is 0 Å². The van der Waals surface area contributed by atoms with E-state index in [9.17, 15) is 29.7 Å². The molecule has 0 atom stereocenters. The van der Waals surface area contributed by atoms with Crippen LogP contribution in [-0.4, -0.2) is 49.2 Å². The van der Waals surface area contributed by atoms with Crippen LogP contribution in [0.3, 0.4) is 0 Å². The molecule has 10 nitrogen and oxygen atoms in total. The van der Waals surface area contributed by atoms with Gasteiger partial charge in [-0.05, 0) is 36.4 Å². The summed E-state index contributed by atoms with van der Waals surface area (Å²) in [5.74, 6) is -4.44. The van der Waals surface area contributed by atoms with Crippen LogP contribution in [-0.2, 0) is 4.79 Å². The molecule has 0 aliphatic heterocycles. The standard InChI is InChI=1S/C30H20N4O6S4/c35-23-21(31-13-15-11-19(43-25(15)23)41-17-7-3-1-4-8-17)28(37)33-27(30(39)40)34-29(38)22-24(36)26-16(14-32-22)12-20(44-26)42-18-9-5-2-6-10-18/h1-14,27,35-36H,(H,33,37)(H,34,38)(H,39,40). The molecule has 0 aliphatic rings. The number of pyridine rings is 2. The molecular formula is C30H20N4O6S4. The van der Waals surface area contributed by atoms with Gasteiger partial charge in [-0.25, -0.2) is 14.8 Å². The number of rotatable bonds is 9. The minimum atomic E-state index is -1.91. The highest BCUT2D eigenvalue weighted by atomic mass is 32.2. The van der Waals surface area contributed by atoms with E-state index in [2.05, 4.69) is 20.6 Å². The van der Waals surface area contributed by atoms with Gasteiger partial charge in [-0.15, -0.1) is 22.7 Å². The van der Waals surface area contributed by atoms with Gasteiger partial charge in [0.15, 0.2) is 22.9 Å². The van der Waals surface area contributed by atoms with Crippen LogP contribution in [0.1, 0.15) is 21.0 Å². The van der Waals surface area contributed by atoms with Crippen molar-refractivity contribution in [3.8, 4) is 11.5 Å². The molecule has 0 saturated carbocycles. The van der Waals surface area contributed by atoms with Gasteiger partial charge in [0.05, 0.1) is 17.8 Å². The van der Waals surface area contributed by atoms with Gasteiger partial charge in [-0.3, -0.25) is 9.59 Å². The highest BCUT2D eigenvalue weighted by molar-refractivity contribution is 8.01. The SMILES string of the molecule is O=C(NC(NC(=O)c1ncc2cc(Sc3ccccc3)sc2c1O)C(=O)O)c1ncc2cc(Sc3ccccc3)sc2c1O. The number of nitrogens with one attached hydrogen (secondary N) is 2. The van der Waals surface area contributed by atoms with Crippen molar-refractivity contribution in [2.45, 2.75) is 24.4 Å². The third-order valence-electron chi connectivity index (χ3n) is 6.17. The minimum Gasteiger partial charge on any atom is -0.504 e. The molecule has 0 bridgehead atoms. The molecule has 6 rings (SSSR count). The Hall–Kier alpha value is -4.63. The Morgan fingerprint density at radius 3 is 1.48 bits per heavy atom. The Morgan fingerprint density at radius 1 is 0.682 bits per heavy atom. The normalized spacial score (nSPS) is 11.2. The maximum Gasteiger partial charge on any atom is 0.347 e. The highest BCUT2D eigenvalue weighted by Gasteiger charge is 2.28. The van der Waals surface area contributed by atoms with Crippen molar-refractivity contribution in [2.24, 2.45) is 0 Å². The lowest BCUT2D eigenvalue weighted by Crippen LogP contribution is -2.53. The molecule has 0 spiro atoms. The Kier molecular flexibility index (Phi) is 8.39. The Bertz CT molecular complexity index is 1890. The summed E-state index contributed by atoms with van der Waals surface area (Å²) >= 11 is 5.49. The van der Waals surface area contributed by atoms with Crippen LogP contribution in [0.25, 0.3) is 20.2 Å². The molecule has 0 saturated heterocycles. The van der Waals surface area contributed by atoms with Crippen molar-refractivity contribution in [3.05, 3.63) is 96.6 Å². The van der Waals surface area contributed by atoms with Crippen LogP contribution in [0.5, 0.6) is 11.5 Å². The van der Waals surface area contributed by atoms with Crippen LogP contribution in [0.2, 0.25) is 0 Å². The number of aromatic hydroxyl groups is 2. The summed E-state index contributed by atoms with van der Waals surface area (Å²) in [4.78, 5) is 48.1. The van der Waals surface area contributed by atoms with E-state index in [-0.39, 0.29) is 0 Å². The quantitative estimate of drug-likeness (QED) is 0.113. The van der Waals surface area contributed by atoms with Gasteiger partial charge >= 0.3 is 5.97 Å². The number of hydrogen-bond donors (Lipinski definition) is 5. The number of amides is 2. The first kappa shape index (κ1) is 29.4. The number of thiophene rings is 2. The fraction of sp³-hybridized carbons (Fsp3) is 0.0333. The monoisotopic (exact) mass is 660 g/mol. The largest absolute Gasteiger partial charge is 0.504 e. The number of carbonyl (C=O) groups excluding carboxylic acids is 2. The minimum absolute atomic E-state index is 0.402. The van der Waals surface area contributed by atoms with Crippen LogP contribution in [0, 0.1) is 0 Å². The lowest BCUT2D eigenvalue weighted by atomic mass is 10.2. The van der Waals surface area contributed by atoms with Gasteiger partial charge in [0.1, 0.15) is 0 Å². The second kappa shape index (κ2) is 12.5. The van der Waals surface area contributed by atoms with E-state index in [1.807, 2.05) is 72.8 Å². The lowest BCUT2D eigenvalue weighted by molar-refractivity contribution is -0.139. The predicted molar refractivity (Wildman–Crippen MR) is 170 cm³/mol. The zero-order valence-electron chi connectivity index (χ0n) is 22.3. The summed E-state index contributed by atoms with van der Waals surface area (Å²) in [6, 6.07) is 22.9. The molecule has 2 aromatic carbocycles. The molecule has 0 fully saturated rings. The van der Waals surface area contributed by atoms with Crippen LogP contribution < -0.4 is 10.6 Å². The third kappa shape index (κ3) is 6.19. The summed E-state index contributed by atoms with van der Waals surface area (Å²) in [6.07, 6.45) is 0.905. The molecule has 14 heteroatoms. The molecule has 4 aromatic heterocycles. The molecule has 4 heterocycles. The molecule has 220 valence electrons. The highest BCUT2D eigenvalue weighted by Crippen LogP contribution is 2.42. The van der Waals surface area contributed by atoms with Gasteiger partial charge in [-0.1, -0.05) is 59.9 Å². The second-order valence-corrected chi connectivity index (χ2v) is 14.0.